The first-order chi connectivity index (χ1) is 16.1. The van der Waals surface area contributed by atoms with Crippen LogP contribution in [0.25, 0.3) is 5.69 Å². The van der Waals surface area contributed by atoms with Crippen LogP contribution >= 0.6 is 0 Å². The highest BCUT2D eigenvalue weighted by Crippen LogP contribution is 2.38. The van der Waals surface area contributed by atoms with Gasteiger partial charge in [0.15, 0.2) is 5.82 Å². The number of carbonyl (C=O) groups is 1. The lowest BCUT2D eigenvalue weighted by molar-refractivity contribution is -0.120. The molecule has 5 rings (SSSR count). The van der Waals surface area contributed by atoms with Crippen molar-refractivity contribution in [3.8, 4) is 11.4 Å². The van der Waals surface area contributed by atoms with Crippen LogP contribution < -0.4 is 19.9 Å². The Morgan fingerprint density at radius 1 is 1.18 bits per heavy atom. The fourth-order valence-electron chi connectivity index (χ4n) is 4.61. The third-order valence-electron chi connectivity index (χ3n) is 6.22. The zero-order valence-corrected chi connectivity index (χ0v) is 19.2. The number of anilines is 4. The van der Waals surface area contributed by atoms with Crippen LogP contribution in [0.4, 0.5) is 23.1 Å². The lowest BCUT2D eigenvalue weighted by atomic mass is 10.1. The van der Waals surface area contributed by atoms with E-state index in [4.69, 9.17) is 9.72 Å². The summed E-state index contributed by atoms with van der Waals surface area (Å²) in [7, 11) is 1.62. The van der Waals surface area contributed by atoms with Crippen molar-refractivity contribution in [1.82, 2.24) is 24.7 Å². The fraction of sp³-hybridized carbons (Fsp3) is 0.435. The Bertz CT molecular complexity index is 1180. The number of carbonyl (C=O) groups excluding carboxylic acids is 1. The first-order valence-corrected chi connectivity index (χ1v) is 11.4. The molecule has 1 N–H and O–H groups in total. The van der Waals surface area contributed by atoms with E-state index in [0.29, 0.717) is 24.1 Å². The Hall–Kier alpha value is -3.69. The molecule has 4 heterocycles. The van der Waals surface area contributed by atoms with Gasteiger partial charge in [-0.05, 0) is 38.8 Å². The van der Waals surface area contributed by atoms with E-state index in [1.54, 1.807) is 24.3 Å². The summed E-state index contributed by atoms with van der Waals surface area (Å²) in [5.41, 5.74) is 2.36. The van der Waals surface area contributed by atoms with Crippen molar-refractivity contribution in [2.75, 3.05) is 35.3 Å². The number of hydrogen-bond donors (Lipinski definition) is 1. The van der Waals surface area contributed by atoms with Gasteiger partial charge in [0.2, 0.25) is 11.9 Å². The number of aromatic nitrogens is 5. The maximum Gasteiger partial charge on any atom is 0.249 e. The average Bonchev–Trinajstić information content (AvgIpc) is 3.10. The van der Waals surface area contributed by atoms with Gasteiger partial charge in [0.05, 0.1) is 13.3 Å². The minimum Gasteiger partial charge on any atom is -0.494 e. The molecular weight excluding hydrogens is 420 g/mol. The molecule has 33 heavy (non-hydrogen) atoms. The summed E-state index contributed by atoms with van der Waals surface area (Å²) < 4.78 is 7.26. The van der Waals surface area contributed by atoms with Gasteiger partial charge in [-0.15, -0.1) is 0 Å². The second-order valence-electron chi connectivity index (χ2n) is 8.29. The zero-order valence-electron chi connectivity index (χ0n) is 19.2. The fourth-order valence-corrected chi connectivity index (χ4v) is 4.61. The molecule has 2 aliphatic heterocycles. The summed E-state index contributed by atoms with van der Waals surface area (Å²) in [6.07, 6.45) is 7.52. The molecular formula is C23H28N8O2. The van der Waals surface area contributed by atoms with Crippen molar-refractivity contribution in [2.45, 2.75) is 45.6 Å². The normalized spacial score (nSPS) is 17.9. The molecule has 1 saturated heterocycles. The van der Waals surface area contributed by atoms with E-state index in [1.807, 2.05) is 36.9 Å². The van der Waals surface area contributed by atoms with Crippen molar-refractivity contribution >= 4 is 29.0 Å². The molecule has 172 valence electrons. The van der Waals surface area contributed by atoms with E-state index < -0.39 is 0 Å². The third-order valence-corrected chi connectivity index (χ3v) is 6.22. The summed E-state index contributed by atoms with van der Waals surface area (Å²) in [6, 6.07) is 5.57. The second kappa shape index (κ2) is 8.68. The van der Waals surface area contributed by atoms with Crippen LogP contribution in [-0.2, 0) is 4.79 Å². The van der Waals surface area contributed by atoms with Crippen LogP contribution in [-0.4, -0.2) is 56.9 Å². The predicted octanol–water partition coefficient (Wildman–Crippen LogP) is 3.23. The average molecular weight is 449 g/mol. The number of methoxy groups -OCH3 is 1. The summed E-state index contributed by atoms with van der Waals surface area (Å²) in [5, 5.41) is 7.65. The summed E-state index contributed by atoms with van der Waals surface area (Å²) in [4.78, 5) is 30.6. The maximum atomic E-state index is 13.1. The first-order valence-electron chi connectivity index (χ1n) is 11.4. The van der Waals surface area contributed by atoms with Gasteiger partial charge in [0.25, 0.3) is 0 Å². The van der Waals surface area contributed by atoms with E-state index in [2.05, 4.69) is 25.3 Å². The molecule has 10 nitrogen and oxygen atoms in total. The molecule has 3 aromatic rings. The van der Waals surface area contributed by atoms with E-state index in [0.717, 1.165) is 55.1 Å². The number of benzene rings is 1. The third kappa shape index (κ3) is 3.85. The molecule has 1 aromatic carbocycles. The monoisotopic (exact) mass is 448 g/mol. The summed E-state index contributed by atoms with van der Waals surface area (Å²) in [6.45, 7) is 5.27. The van der Waals surface area contributed by atoms with E-state index in [9.17, 15) is 4.79 Å². The summed E-state index contributed by atoms with van der Waals surface area (Å²) in [5.74, 6) is 2.79. The topological polar surface area (TPSA) is 101 Å². The van der Waals surface area contributed by atoms with Gasteiger partial charge in [-0.2, -0.15) is 10.1 Å². The van der Waals surface area contributed by atoms with Crippen LogP contribution in [0.1, 0.15) is 38.4 Å². The lowest BCUT2D eigenvalue weighted by Crippen LogP contribution is -2.53. The molecule has 2 aliphatic rings. The van der Waals surface area contributed by atoms with Gasteiger partial charge in [-0.3, -0.25) is 4.79 Å². The minimum absolute atomic E-state index is 0.145. The van der Waals surface area contributed by atoms with Gasteiger partial charge >= 0.3 is 0 Å². The van der Waals surface area contributed by atoms with Gasteiger partial charge in [-0.25, -0.2) is 14.6 Å². The Kier molecular flexibility index (Phi) is 5.57. The molecule has 10 heteroatoms. The molecule has 2 aromatic heterocycles. The quantitative estimate of drug-likeness (QED) is 0.635. The number of rotatable bonds is 5. The lowest BCUT2D eigenvalue weighted by Gasteiger charge is -2.40. The largest absolute Gasteiger partial charge is 0.494 e. The zero-order chi connectivity index (χ0) is 22.9. The molecule has 1 unspecified atom stereocenters. The van der Waals surface area contributed by atoms with Gasteiger partial charge in [0.1, 0.15) is 35.3 Å². The minimum atomic E-state index is -0.145. The number of amides is 1. The Morgan fingerprint density at radius 2 is 2.06 bits per heavy atom. The Labute approximate surface area is 192 Å². The molecule has 1 amide bonds. The van der Waals surface area contributed by atoms with Crippen LogP contribution in [0, 0.1) is 6.92 Å². The standard InChI is InChI=1S/C23H28N8O2/c1-4-29-19-13-24-23(27-21(19)30-11-7-5-6-8-18(30)22(29)32)26-16-9-10-17(20(12-16)33-3)31-14-25-15(2)28-31/h9-10,12-14,18H,4-8,11H2,1-3H3,(H,24,26,27). The number of ether oxygens (including phenoxy) is 1. The van der Waals surface area contributed by atoms with E-state index >= 15 is 0 Å². The predicted molar refractivity (Wildman–Crippen MR) is 126 cm³/mol. The number of likely N-dealkylation sites (N-methyl/N-ethyl adjacent to an activating group) is 1. The van der Waals surface area contributed by atoms with E-state index in [1.165, 1.54) is 0 Å². The van der Waals surface area contributed by atoms with Crippen LogP contribution in [0.5, 0.6) is 5.75 Å². The molecule has 1 atom stereocenters. The van der Waals surface area contributed by atoms with E-state index in [-0.39, 0.29) is 11.9 Å². The number of hydrogen-bond acceptors (Lipinski definition) is 8. The maximum absolute atomic E-state index is 13.1. The van der Waals surface area contributed by atoms with Crippen molar-refractivity contribution in [3.63, 3.8) is 0 Å². The van der Waals surface area contributed by atoms with Crippen LogP contribution in [0.3, 0.4) is 0 Å². The highest BCUT2D eigenvalue weighted by atomic mass is 16.5. The molecule has 0 aliphatic carbocycles. The Balaban J connectivity index is 1.47. The van der Waals surface area contributed by atoms with Crippen molar-refractivity contribution in [1.29, 1.82) is 0 Å². The number of aryl methyl sites for hydroxylation is 1. The number of nitrogens with one attached hydrogen (secondary N) is 1. The molecule has 0 radical (unpaired) electrons. The number of nitrogens with zero attached hydrogens (tertiary/aromatic N) is 7. The molecule has 0 spiro atoms. The highest BCUT2D eigenvalue weighted by Gasteiger charge is 2.39. The summed E-state index contributed by atoms with van der Waals surface area (Å²) >= 11 is 0. The molecule has 1 fully saturated rings. The SMILES string of the molecule is CCN1C(=O)C2CCCCCN2c2nc(Nc3ccc(-n4cnc(C)n4)c(OC)c3)ncc21. The van der Waals surface area contributed by atoms with Crippen molar-refractivity contribution in [2.24, 2.45) is 0 Å². The van der Waals surface area contributed by atoms with Crippen molar-refractivity contribution in [3.05, 3.63) is 36.5 Å². The van der Waals surface area contributed by atoms with Crippen LogP contribution in [0.15, 0.2) is 30.7 Å². The van der Waals surface area contributed by atoms with Crippen molar-refractivity contribution < 1.29 is 9.53 Å². The van der Waals surface area contributed by atoms with Gasteiger partial charge < -0.3 is 19.9 Å². The molecule has 0 bridgehead atoms. The first kappa shape index (κ1) is 21.2. The second-order valence-corrected chi connectivity index (χ2v) is 8.29. The van der Waals surface area contributed by atoms with Gasteiger partial charge in [-0.1, -0.05) is 12.8 Å². The Morgan fingerprint density at radius 3 is 2.82 bits per heavy atom. The van der Waals surface area contributed by atoms with Gasteiger partial charge in [0, 0.05) is 24.8 Å². The smallest absolute Gasteiger partial charge is 0.249 e. The molecule has 0 saturated carbocycles. The number of fused-ring (bicyclic) bond motifs is 3. The highest BCUT2D eigenvalue weighted by molar-refractivity contribution is 6.04. The van der Waals surface area contributed by atoms with Crippen LogP contribution in [0.2, 0.25) is 0 Å².